The van der Waals surface area contributed by atoms with E-state index in [2.05, 4.69) is 4.98 Å². The molecule has 1 atom stereocenters. The van der Waals surface area contributed by atoms with Gasteiger partial charge in [0.25, 0.3) is 0 Å². The van der Waals surface area contributed by atoms with Crippen LogP contribution in [0.2, 0.25) is 5.02 Å². The Hall–Kier alpha value is -0.840. The summed E-state index contributed by atoms with van der Waals surface area (Å²) >= 11 is 7.61. The second kappa shape index (κ2) is 4.35. The molecule has 2 aromatic rings. The highest BCUT2D eigenvalue weighted by molar-refractivity contribution is 7.10. The quantitative estimate of drug-likeness (QED) is 0.897. The molecule has 0 spiro atoms. The zero-order chi connectivity index (χ0) is 10.8. The first-order chi connectivity index (χ1) is 7.18. The van der Waals surface area contributed by atoms with E-state index in [4.69, 9.17) is 17.3 Å². The van der Waals surface area contributed by atoms with Crippen LogP contribution < -0.4 is 5.73 Å². The molecule has 1 unspecified atom stereocenters. The molecule has 0 aromatic carbocycles. The number of nitrogens with zero attached hydrogens (tertiary/aromatic N) is 2. The molecule has 2 rings (SSSR count). The van der Waals surface area contributed by atoms with Crippen molar-refractivity contribution in [1.29, 1.82) is 0 Å². The maximum atomic E-state index is 6.07. The van der Waals surface area contributed by atoms with E-state index in [1.807, 2.05) is 29.3 Å². The third-order valence-corrected chi connectivity index (χ3v) is 3.80. The van der Waals surface area contributed by atoms with Crippen molar-refractivity contribution < 1.29 is 0 Å². The van der Waals surface area contributed by atoms with Gasteiger partial charge in [0.1, 0.15) is 5.82 Å². The van der Waals surface area contributed by atoms with Crippen LogP contribution in [0, 0.1) is 0 Å². The molecule has 0 fully saturated rings. The highest BCUT2D eigenvalue weighted by Gasteiger charge is 2.14. The molecule has 2 N–H and O–H groups in total. The highest BCUT2D eigenvalue weighted by atomic mass is 35.5. The first-order valence-corrected chi connectivity index (χ1v) is 5.89. The van der Waals surface area contributed by atoms with E-state index in [1.54, 1.807) is 17.5 Å². The Kier molecular flexibility index (Phi) is 3.09. The molecular formula is C10H12ClN3S. The van der Waals surface area contributed by atoms with E-state index in [0.717, 1.165) is 15.7 Å². The van der Waals surface area contributed by atoms with Gasteiger partial charge in [0, 0.05) is 36.8 Å². The Balaban J connectivity index is 2.14. The number of aromatic nitrogens is 2. The number of hydrogen-bond acceptors (Lipinski definition) is 3. The van der Waals surface area contributed by atoms with Crippen molar-refractivity contribution in [2.45, 2.75) is 12.5 Å². The summed E-state index contributed by atoms with van der Waals surface area (Å²) in [4.78, 5) is 5.27. The predicted octanol–water partition coefficient (Wildman–Crippen LogP) is 2.38. The molecule has 3 nitrogen and oxygen atoms in total. The molecular weight excluding hydrogens is 230 g/mol. The third-order valence-electron chi connectivity index (χ3n) is 2.30. The summed E-state index contributed by atoms with van der Waals surface area (Å²) in [5.41, 5.74) is 6.07. The van der Waals surface area contributed by atoms with Crippen LogP contribution in [-0.4, -0.2) is 9.55 Å². The molecule has 2 aromatic heterocycles. The lowest BCUT2D eigenvalue weighted by molar-refractivity contribution is 0.669. The Morgan fingerprint density at radius 1 is 1.67 bits per heavy atom. The first-order valence-electron chi connectivity index (χ1n) is 4.63. The van der Waals surface area contributed by atoms with Gasteiger partial charge in [0.2, 0.25) is 0 Å². The Morgan fingerprint density at radius 3 is 3.00 bits per heavy atom. The zero-order valence-corrected chi connectivity index (χ0v) is 9.92. The molecule has 0 aliphatic rings. The fourth-order valence-corrected chi connectivity index (χ4v) is 2.65. The maximum Gasteiger partial charge on any atom is 0.110 e. The average Bonchev–Trinajstić information content (AvgIpc) is 2.76. The van der Waals surface area contributed by atoms with Crippen LogP contribution in [0.3, 0.4) is 0 Å². The van der Waals surface area contributed by atoms with Crippen LogP contribution in [0.25, 0.3) is 0 Å². The van der Waals surface area contributed by atoms with E-state index >= 15 is 0 Å². The average molecular weight is 242 g/mol. The molecule has 0 aliphatic carbocycles. The minimum atomic E-state index is -0.0707. The van der Waals surface area contributed by atoms with E-state index < -0.39 is 0 Å². The van der Waals surface area contributed by atoms with Crippen molar-refractivity contribution in [1.82, 2.24) is 9.55 Å². The van der Waals surface area contributed by atoms with Gasteiger partial charge < -0.3 is 10.3 Å². The summed E-state index contributed by atoms with van der Waals surface area (Å²) in [6.45, 7) is 0. The summed E-state index contributed by atoms with van der Waals surface area (Å²) in [5, 5.41) is 2.71. The van der Waals surface area contributed by atoms with Gasteiger partial charge in [-0.3, -0.25) is 0 Å². The van der Waals surface area contributed by atoms with Crippen molar-refractivity contribution in [3.05, 3.63) is 39.6 Å². The van der Waals surface area contributed by atoms with Crippen molar-refractivity contribution >= 4 is 22.9 Å². The van der Waals surface area contributed by atoms with E-state index in [1.165, 1.54) is 0 Å². The number of hydrogen-bond donors (Lipinski definition) is 1. The molecule has 0 bridgehead atoms. The van der Waals surface area contributed by atoms with E-state index in [0.29, 0.717) is 6.42 Å². The number of nitrogens with two attached hydrogens (primary N) is 1. The molecule has 5 heteroatoms. The van der Waals surface area contributed by atoms with Crippen molar-refractivity contribution in [3.8, 4) is 0 Å². The largest absolute Gasteiger partial charge is 0.338 e. The van der Waals surface area contributed by atoms with Gasteiger partial charge in [-0.05, 0) is 11.4 Å². The van der Waals surface area contributed by atoms with Crippen LogP contribution in [0.5, 0.6) is 0 Å². The fourth-order valence-electron chi connectivity index (χ4n) is 1.45. The van der Waals surface area contributed by atoms with Gasteiger partial charge >= 0.3 is 0 Å². The molecule has 0 aliphatic heterocycles. The summed E-state index contributed by atoms with van der Waals surface area (Å²) in [5.74, 6) is 0.979. The minimum absolute atomic E-state index is 0.0707. The third kappa shape index (κ3) is 2.22. The standard InChI is InChI=1S/C10H12ClN3S/c1-14-4-3-13-9(14)6-8(12)10-7(11)2-5-15-10/h2-5,8H,6,12H2,1H3. The predicted molar refractivity (Wildman–Crippen MR) is 63.2 cm³/mol. The number of aryl methyl sites for hydroxylation is 1. The normalized spacial score (nSPS) is 13.0. The maximum absolute atomic E-state index is 6.07. The summed E-state index contributed by atoms with van der Waals surface area (Å²) in [6, 6.07) is 1.80. The monoisotopic (exact) mass is 241 g/mol. The van der Waals surface area contributed by atoms with Gasteiger partial charge in [-0.15, -0.1) is 11.3 Å². The van der Waals surface area contributed by atoms with E-state index in [-0.39, 0.29) is 6.04 Å². The Bertz CT molecular complexity index is 449. The number of thiophene rings is 1. The first kappa shape index (κ1) is 10.7. The van der Waals surface area contributed by atoms with Crippen molar-refractivity contribution in [2.24, 2.45) is 12.8 Å². The van der Waals surface area contributed by atoms with Crippen molar-refractivity contribution in [3.63, 3.8) is 0 Å². The lowest BCUT2D eigenvalue weighted by Crippen LogP contribution is -2.14. The van der Waals surface area contributed by atoms with Gasteiger partial charge in [0.05, 0.1) is 5.02 Å². The number of halogens is 1. The van der Waals surface area contributed by atoms with Crippen LogP contribution in [0.1, 0.15) is 16.7 Å². The van der Waals surface area contributed by atoms with Crippen LogP contribution in [0.15, 0.2) is 23.8 Å². The lowest BCUT2D eigenvalue weighted by atomic mass is 10.2. The Labute approximate surface area is 97.5 Å². The van der Waals surface area contributed by atoms with Crippen LogP contribution in [0.4, 0.5) is 0 Å². The molecule has 0 saturated heterocycles. The molecule has 15 heavy (non-hydrogen) atoms. The van der Waals surface area contributed by atoms with E-state index in [9.17, 15) is 0 Å². The van der Waals surface area contributed by atoms with Gasteiger partial charge in [-0.2, -0.15) is 0 Å². The second-order valence-corrected chi connectivity index (χ2v) is 4.75. The Morgan fingerprint density at radius 2 is 2.47 bits per heavy atom. The second-order valence-electron chi connectivity index (χ2n) is 3.40. The van der Waals surface area contributed by atoms with Crippen LogP contribution >= 0.6 is 22.9 Å². The molecule has 0 saturated carbocycles. The smallest absolute Gasteiger partial charge is 0.110 e. The number of rotatable bonds is 3. The number of imidazole rings is 1. The highest BCUT2D eigenvalue weighted by Crippen LogP contribution is 2.28. The SMILES string of the molecule is Cn1ccnc1CC(N)c1sccc1Cl. The van der Waals surface area contributed by atoms with Gasteiger partial charge in [0.15, 0.2) is 0 Å². The summed E-state index contributed by atoms with van der Waals surface area (Å²) < 4.78 is 1.97. The molecule has 0 radical (unpaired) electrons. The van der Waals surface area contributed by atoms with Crippen molar-refractivity contribution in [2.75, 3.05) is 0 Å². The fraction of sp³-hybridized carbons (Fsp3) is 0.300. The lowest BCUT2D eigenvalue weighted by Gasteiger charge is -2.09. The zero-order valence-electron chi connectivity index (χ0n) is 8.35. The minimum Gasteiger partial charge on any atom is -0.338 e. The molecule has 0 amide bonds. The topological polar surface area (TPSA) is 43.8 Å². The van der Waals surface area contributed by atoms with Gasteiger partial charge in [-0.1, -0.05) is 11.6 Å². The summed E-state index contributed by atoms with van der Waals surface area (Å²) in [7, 11) is 1.96. The van der Waals surface area contributed by atoms with Gasteiger partial charge in [-0.25, -0.2) is 4.98 Å². The molecule has 80 valence electrons. The molecule has 2 heterocycles. The van der Waals surface area contributed by atoms with Crippen LogP contribution in [-0.2, 0) is 13.5 Å². The summed E-state index contributed by atoms with van der Waals surface area (Å²) in [6.07, 6.45) is 4.40.